The van der Waals surface area contributed by atoms with Crippen LogP contribution < -0.4 is 10.1 Å². The second-order valence-corrected chi connectivity index (χ2v) is 10.7. The number of hydrazine groups is 1. The van der Waals surface area contributed by atoms with Crippen molar-refractivity contribution >= 4 is 17.8 Å². The van der Waals surface area contributed by atoms with E-state index in [0.29, 0.717) is 18.8 Å². The third-order valence-electron chi connectivity index (χ3n) is 7.97. The maximum absolute atomic E-state index is 14.1. The molecule has 0 spiro atoms. The predicted octanol–water partition coefficient (Wildman–Crippen LogP) is 3.88. The molecule has 0 aromatic heterocycles. The molecule has 0 saturated carbocycles. The highest BCUT2D eigenvalue weighted by atomic mass is 16.5. The first kappa shape index (κ1) is 29.5. The number of ether oxygens (including phenoxy) is 1. The Bertz CT molecular complexity index is 1480. The first-order valence-electron chi connectivity index (χ1n) is 14.3. The van der Waals surface area contributed by atoms with Crippen LogP contribution in [0.1, 0.15) is 30.5 Å². The van der Waals surface area contributed by atoms with E-state index in [1.165, 1.54) is 0 Å². The van der Waals surface area contributed by atoms with Crippen LogP contribution in [0.5, 0.6) is 11.5 Å². The van der Waals surface area contributed by atoms with Crippen LogP contribution in [0, 0.1) is 0 Å². The third-order valence-corrected chi connectivity index (χ3v) is 7.97. The molecule has 2 N–H and O–H groups in total. The molecule has 43 heavy (non-hydrogen) atoms. The first-order valence-corrected chi connectivity index (χ1v) is 14.3. The maximum atomic E-state index is 14.1. The fraction of sp³-hybridized carbons (Fsp3) is 0.303. The molecular weight excluding hydrogens is 546 g/mol. The number of aromatic hydroxyl groups is 1. The summed E-state index contributed by atoms with van der Waals surface area (Å²) in [7, 11) is 1.60. The SMILES string of the molecule is CC=C(C)N1CC(=O)N2[C@@H](Cc3ccc(O)cc3)C(=O)N(Cc3ccc(OC)cc3)C[C@@H]2N1C(=O)NCc1ccccc1. The van der Waals surface area contributed by atoms with Gasteiger partial charge >= 0.3 is 6.03 Å². The number of hydrogen-bond donors (Lipinski definition) is 2. The lowest BCUT2D eigenvalue weighted by molar-refractivity contribution is -0.186. The summed E-state index contributed by atoms with van der Waals surface area (Å²) in [5, 5.41) is 16.1. The number of carbonyl (C=O) groups excluding carboxylic acids is 3. The molecule has 0 unspecified atom stereocenters. The highest BCUT2D eigenvalue weighted by Crippen LogP contribution is 2.31. The Balaban J connectivity index is 1.51. The van der Waals surface area contributed by atoms with Gasteiger partial charge < -0.3 is 25.0 Å². The number of carbonyl (C=O) groups is 3. The summed E-state index contributed by atoms with van der Waals surface area (Å²) in [6, 6.07) is 22.5. The average Bonchev–Trinajstić information content (AvgIpc) is 3.03. The molecule has 3 aromatic rings. The minimum Gasteiger partial charge on any atom is -0.508 e. The second-order valence-electron chi connectivity index (χ2n) is 10.7. The Hall–Kier alpha value is -4.99. The Labute approximate surface area is 251 Å². The van der Waals surface area contributed by atoms with Gasteiger partial charge in [-0.15, -0.1) is 0 Å². The summed E-state index contributed by atoms with van der Waals surface area (Å²) < 4.78 is 5.29. The van der Waals surface area contributed by atoms with Crippen LogP contribution in [-0.2, 0) is 29.1 Å². The minimum atomic E-state index is -0.841. The number of amides is 4. The van der Waals surface area contributed by atoms with Crippen molar-refractivity contribution in [3.05, 3.63) is 107 Å². The molecule has 10 nitrogen and oxygen atoms in total. The van der Waals surface area contributed by atoms with Crippen LogP contribution in [0.4, 0.5) is 4.79 Å². The van der Waals surface area contributed by atoms with Gasteiger partial charge in [-0.1, -0.05) is 60.7 Å². The summed E-state index contributed by atoms with van der Waals surface area (Å²) in [6.45, 7) is 4.39. The zero-order chi connectivity index (χ0) is 30.5. The van der Waals surface area contributed by atoms with E-state index in [9.17, 15) is 19.5 Å². The second kappa shape index (κ2) is 12.9. The summed E-state index contributed by atoms with van der Waals surface area (Å²) >= 11 is 0. The smallest absolute Gasteiger partial charge is 0.338 e. The quantitative estimate of drug-likeness (QED) is 0.417. The summed E-state index contributed by atoms with van der Waals surface area (Å²) in [5.41, 5.74) is 3.38. The lowest BCUT2D eigenvalue weighted by Crippen LogP contribution is -2.76. The zero-order valence-corrected chi connectivity index (χ0v) is 24.6. The molecule has 10 heteroatoms. The number of piperazine rings is 1. The van der Waals surface area contributed by atoms with Crippen LogP contribution in [0.25, 0.3) is 0 Å². The average molecular weight is 584 g/mol. The van der Waals surface area contributed by atoms with Gasteiger partial charge in [-0.25, -0.2) is 9.80 Å². The van der Waals surface area contributed by atoms with Crippen molar-refractivity contribution in [3.63, 3.8) is 0 Å². The van der Waals surface area contributed by atoms with Crippen molar-refractivity contribution in [2.45, 2.75) is 45.6 Å². The molecule has 2 atom stereocenters. The van der Waals surface area contributed by atoms with Gasteiger partial charge in [0, 0.05) is 25.2 Å². The molecule has 2 saturated heterocycles. The van der Waals surface area contributed by atoms with Crippen molar-refractivity contribution in [1.29, 1.82) is 0 Å². The number of nitrogens with one attached hydrogen (secondary N) is 1. The van der Waals surface area contributed by atoms with Gasteiger partial charge in [0.2, 0.25) is 11.8 Å². The van der Waals surface area contributed by atoms with Gasteiger partial charge in [0.05, 0.1) is 13.7 Å². The molecule has 5 rings (SSSR count). The van der Waals surface area contributed by atoms with Crippen LogP contribution in [0.2, 0.25) is 0 Å². The number of hydrogen-bond acceptors (Lipinski definition) is 6. The third kappa shape index (κ3) is 6.43. The Morgan fingerprint density at radius 1 is 0.977 bits per heavy atom. The number of allylic oxidation sites excluding steroid dienone is 2. The van der Waals surface area contributed by atoms with E-state index in [0.717, 1.165) is 22.4 Å². The van der Waals surface area contributed by atoms with Gasteiger partial charge in [-0.2, -0.15) is 0 Å². The van der Waals surface area contributed by atoms with E-state index in [4.69, 9.17) is 4.74 Å². The zero-order valence-electron chi connectivity index (χ0n) is 24.6. The van der Waals surface area contributed by atoms with Crippen LogP contribution >= 0.6 is 0 Å². The minimum absolute atomic E-state index is 0.0801. The normalized spacial score (nSPS) is 18.9. The lowest BCUT2D eigenvalue weighted by atomic mass is 9.98. The van der Waals surface area contributed by atoms with Gasteiger partial charge in [0.25, 0.3) is 0 Å². The van der Waals surface area contributed by atoms with E-state index < -0.39 is 12.2 Å². The van der Waals surface area contributed by atoms with Gasteiger partial charge in [0.1, 0.15) is 30.3 Å². The fourth-order valence-corrected chi connectivity index (χ4v) is 5.57. The number of phenols is 1. The predicted molar refractivity (Wildman–Crippen MR) is 161 cm³/mol. The first-order chi connectivity index (χ1) is 20.8. The summed E-state index contributed by atoms with van der Waals surface area (Å²) in [5.74, 6) is 0.390. The van der Waals surface area contributed by atoms with E-state index in [1.807, 2.05) is 74.5 Å². The molecule has 2 fully saturated rings. The number of fused-ring (bicyclic) bond motifs is 1. The summed E-state index contributed by atoms with van der Waals surface area (Å²) in [6.07, 6.45) is 1.35. The molecular formula is C33H37N5O5. The highest BCUT2D eigenvalue weighted by molar-refractivity contribution is 5.92. The van der Waals surface area contributed by atoms with Crippen LogP contribution in [0.3, 0.4) is 0 Å². The topological polar surface area (TPSA) is 106 Å². The molecule has 2 aliphatic heterocycles. The number of nitrogens with zero attached hydrogens (tertiary/aromatic N) is 4. The Kier molecular flexibility index (Phi) is 8.85. The molecule has 0 aliphatic carbocycles. The molecule has 224 valence electrons. The molecule has 4 amide bonds. The number of urea groups is 1. The monoisotopic (exact) mass is 583 g/mol. The number of rotatable bonds is 8. The Morgan fingerprint density at radius 3 is 2.30 bits per heavy atom. The van der Waals surface area contributed by atoms with Crippen molar-refractivity contribution in [1.82, 2.24) is 25.1 Å². The van der Waals surface area contributed by atoms with Crippen molar-refractivity contribution in [2.75, 3.05) is 20.2 Å². The standard InChI is InChI=1S/C33H37N5O5/c1-4-23(2)36-22-31(40)37-29(18-24-10-14-27(39)15-11-24)32(41)35(20-26-12-16-28(43-3)17-13-26)21-30(37)38(36)33(42)34-19-25-8-6-5-7-9-25/h4-17,29-30,39H,18-22H2,1-3H3,(H,34,42)/t29-,30-/m0/s1. The van der Waals surface area contributed by atoms with Crippen LogP contribution in [-0.4, -0.2) is 75.2 Å². The van der Waals surface area contributed by atoms with Crippen molar-refractivity contribution in [3.8, 4) is 11.5 Å². The largest absolute Gasteiger partial charge is 0.508 e. The van der Waals surface area contributed by atoms with Crippen molar-refractivity contribution < 1.29 is 24.2 Å². The van der Waals surface area contributed by atoms with E-state index in [2.05, 4.69) is 5.32 Å². The Morgan fingerprint density at radius 2 is 1.65 bits per heavy atom. The molecule has 3 aromatic carbocycles. The number of benzene rings is 3. The van der Waals surface area contributed by atoms with Gasteiger partial charge in [-0.3, -0.25) is 14.6 Å². The van der Waals surface area contributed by atoms with E-state index >= 15 is 0 Å². The lowest BCUT2D eigenvalue weighted by Gasteiger charge is -2.55. The molecule has 2 aliphatic rings. The summed E-state index contributed by atoms with van der Waals surface area (Å²) in [4.78, 5) is 45.1. The van der Waals surface area contributed by atoms with E-state index in [-0.39, 0.29) is 43.1 Å². The van der Waals surface area contributed by atoms with Crippen LogP contribution in [0.15, 0.2) is 90.6 Å². The highest BCUT2D eigenvalue weighted by Gasteiger charge is 2.51. The molecule has 0 radical (unpaired) electrons. The van der Waals surface area contributed by atoms with Gasteiger partial charge in [0.15, 0.2) is 0 Å². The van der Waals surface area contributed by atoms with Gasteiger partial charge in [-0.05, 0) is 54.8 Å². The molecule has 2 heterocycles. The van der Waals surface area contributed by atoms with E-state index in [1.54, 1.807) is 51.2 Å². The van der Waals surface area contributed by atoms with Crippen molar-refractivity contribution in [2.24, 2.45) is 0 Å². The number of methoxy groups -OCH3 is 1. The number of phenolic OH excluding ortho intramolecular Hbond substituents is 1. The molecule has 0 bridgehead atoms. The maximum Gasteiger partial charge on any atom is 0.338 e. The fourth-order valence-electron chi connectivity index (χ4n) is 5.57.